The van der Waals surface area contributed by atoms with Gasteiger partial charge < -0.3 is 15.2 Å². The van der Waals surface area contributed by atoms with Crippen LogP contribution in [0.4, 0.5) is 0 Å². The first-order chi connectivity index (χ1) is 9.43. The summed E-state index contributed by atoms with van der Waals surface area (Å²) < 4.78 is 5.12. The molecule has 0 saturated carbocycles. The quantitative estimate of drug-likeness (QED) is 0.811. The van der Waals surface area contributed by atoms with Gasteiger partial charge >= 0.3 is 5.97 Å². The predicted octanol–water partition coefficient (Wildman–Crippen LogP) is 2.72. The SMILES string of the molecule is COc1ccc(Cl)cc1C(=O)NC(C)CCCC(=O)O. The third-order valence-corrected chi connectivity index (χ3v) is 3.05. The van der Waals surface area contributed by atoms with E-state index < -0.39 is 5.97 Å². The Balaban J connectivity index is 2.62. The molecule has 1 unspecified atom stereocenters. The zero-order chi connectivity index (χ0) is 15.1. The summed E-state index contributed by atoms with van der Waals surface area (Å²) in [6.07, 6.45) is 1.21. The molecule has 0 aliphatic heterocycles. The Bertz CT molecular complexity index is 490. The Morgan fingerprint density at radius 1 is 1.45 bits per heavy atom. The summed E-state index contributed by atoms with van der Waals surface area (Å²) in [6.45, 7) is 1.83. The van der Waals surface area contributed by atoms with Crippen molar-refractivity contribution in [3.63, 3.8) is 0 Å². The standard InChI is InChI=1S/C14H18ClNO4/c1-9(4-3-5-13(17)18)16-14(19)11-8-10(15)6-7-12(11)20-2/h6-9H,3-5H2,1-2H3,(H,16,19)(H,17,18). The van der Waals surface area contributed by atoms with Crippen molar-refractivity contribution in [2.45, 2.75) is 32.2 Å². The number of carboxylic acids is 1. The van der Waals surface area contributed by atoms with E-state index >= 15 is 0 Å². The number of methoxy groups -OCH3 is 1. The van der Waals surface area contributed by atoms with E-state index in [0.29, 0.717) is 29.2 Å². The van der Waals surface area contributed by atoms with Gasteiger partial charge in [-0.3, -0.25) is 9.59 Å². The normalized spacial score (nSPS) is 11.8. The molecule has 6 heteroatoms. The predicted molar refractivity (Wildman–Crippen MR) is 76.4 cm³/mol. The number of aliphatic carboxylic acids is 1. The van der Waals surface area contributed by atoms with Crippen molar-refractivity contribution in [3.8, 4) is 5.75 Å². The lowest BCUT2D eigenvalue weighted by molar-refractivity contribution is -0.137. The Hall–Kier alpha value is -1.75. The number of ether oxygens (including phenoxy) is 1. The molecule has 0 aliphatic carbocycles. The fourth-order valence-corrected chi connectivity index (χ4v) is 1.96. The molecular formula is C14H18ClNO4. The maximum atomic E-state index is 12.1. The van der Waals surface area contributed by atoms with Crippen molar-refractivity contribution in [3.05, 3.63) is 28.8 Å². The van der Waals surface area contributed by atoms with Crippen LogP contribution in [0.5, 0.6) is 5.75 Å². The van der Waals surface area contributed by atoms with Crippen LogP contribution in [-0.4, -0.2) is 30.1 Å². The Labute approximate surface area is 122 Å². The molecule has 0 heterocycles. The van der Waals surface area contributed by atoms with Crippen molar-refractivity contribution >= 4 is 23.5 Å². The van der Waals surface area contributed by atoms with Crippen molar-refractivity contribution in [1.29, 1.82) is 0 Å². The summed E-state index contributed by atoms with van der Waals surface area (Å²) in [4.78, 5) is 22.5. The Morgan fingerprint density at radius 2 is 2.15 bits per heavy atom. The molecule has 20 heavy (non-hydrogen) atoms. The minimum absolute atomic E-state index is 0.0979. The number of rotatable bonds is 7. The second kappa shape index (κ2) is 7.75. The minimum Gasteiger partial charge on any atom is -0.496 e. The molecule has 0 saturated heterocycles. The van der Waals surface area contributed by atoms with Gasteiger partial charge in [0.1, 0.15) is 5.75 Å². The molecule has 0 fully saturated rings. The summed E-state index contributed by atoms with van der Waals surface area (Å²) >= 11 is 5.87. The maximum absolute atomic E-state index is 12.1. The van der Waals surface area contributed by atoms with Gasteiger partial charge in [-0.05, 0) is 38.0 Å². The van der Waals surface area contributed by atoms with Gasteiger partial charge in [-0.25, -0.2) is 0 Å². The highest BCUT2D eigenvalue weighted by molar-refractivity contribution is 6.31. The molecule has 0 spiro atoms. The maximum Gasteiger partial charge on any atom is 0.303 e. The smallest absolute Gasteiger partial charge is 0.303 e. The van der Waals surface area contributed by atoms with Gasteiger partial charge in [0.25, 0.3) is 5.91 Å². The van der Waals surface area contributed by atoms with Crippen LogP contribution >= 0.6 is 11.6 Å². The van der Waals surface area contributed by atoms with Crippen molar-refractivity contribution < 1.29 is 19.4 Å². The first kappa shape index (κ1) is 16.3. The average molecular weight is 300 g/mol. The van der Waals surface area contributed by atoms with Gasteiger partial charge in [0.05, 0.1) is 12.7 Å². The molecule has 1 aromatic carbocycles. The van der Waals surface area contributed by atoms with Crippen LogP contribution in [0.1, 0.15) is 36.5 Å². The van der Waals surface area contributed by atoms with Crippen LogP contribution in [0.3, 0.4) is 0 Å². The summed E-state index contributed by atoms with van der Waals surface area (Å²) in [7, 11) is 1.48. The first-order valence-corrected chi connectivity index (χ1v) is 6.68. The van der Waals surface area contributed by atoms with E-state index in [2.05, 4.69) is 5.32 Å². The van der Waals surface area contributed by atoms with E-state index in [1.54, 1.807) is 18.2 Å². The van der Waals surface area contributed by atoms with Gasteiger partial charge in [-0.2, -0.15) is 0 Å². The first-order valence-electron chi connectivity index (χ1n) is 6.30. The zero-order valence-electron chi connectivity index (χ0n) is 11.5. The second-order valence-corrected chi connectivity index (χ2v) is 4.94. The number of hydrogen-bond acceptors (Lipinski definition) is 3. The number of halogens is 1. The molecule has 1 atom stereocenters. The number of amides is 1. The van der Waals surface area contributed by atoms with E-state index in [4.69, 9.17) is 21.4 Å². The largest absolute Gasteiger partial charge is 0.496 e. The molecular weight excluding hydrogens is 282 g/mol. The van der Waals surface area contributed by atoms with E-state index in [-0.39, 0.29) is 18.4 Å². The molecule has 5 nitrogen and oxygen atoms in total. The van der Waals surface area contributed by atoms with Crippen LogP contribution in [0.2, 0.25) is 5.02 Å². The highest BCUT2D eigenvalue weighted by Gasteiger charge is 2.15. The third-order valence-electron chi connectivity index (χ3n) is 2.81. The topological polar surface area (TPSA) is 75.6 Å². The fraction of sp³-hybridized carbons (Fsp3) is 0.429. The van der Waals surface area contributed by atoms with Crippen molar-refractivity contribution in [2.24, 2.45) is 0 Å². The minimum atomic E-state index is -0.833. The fourth-order valence-electron chi connectivity index (χ4n) is 1.79. The molecule has 0 bridgehead atoms. The number of hydrogen-bond donors (Lipinski definition) is 2. The highest BCUT2D eigenvalue weighted by Crippen LogP contribution is 2.22. The lowest BCUT2D eigenvalue weighted by Gasteiger charge is -2.15. The van der Waals surface area contributed by atoms with Crippen LogP contribution < -0.4 is 10.1 Å². The number of carbonyl (C=O) groups excluding carboxylic acids is 1. The van der Waals surface area contributed by atoms with E-state index in [9.17, 15) is 9.59 Å². The van der Waals surface area contributed by atoms with Gasteiger partial charge in [-0.1, -0.05) is 11.6 Å². The zero-order valence-corrected chi connectivity index (χ0v) is 12.2. The number of carbonyl (C=O) groups is 2. The summed E-state index contributed by atoms with van der Waals surface area (Å²) in [5, 5.41) is 11.8. The van der Waals surface area contributed by atoms with Crippen LogP contribution in [0, 0.1) is 0 Å². The van der Waals surface area contributed by atoms with E-state index in [0.717, 1.165) is 0 Å². The molecule has 2 N–H and O–H groups in total. The van der Waals surface area contributed by atoms with Gasteiger partial charge in [0.2, 0.25) is 0 Å². The average Bonchev–Trinajstić information content (AvgIpc) is 2.38. The lowest BCUT2D eigenvalue weighted by Crippen LogP contribution is -2.32. The molecule has 110 valence electrons. The van der Waals surface area contributed by atoms with Gasteiger partial charge in [0.15, 0.2) is 0 Å². The number of carboxylic acid groups (broad SMARTS) is 1. The molecule has 0 radical (unpaired) electrons. The highest BCUT2D eigenvalue weighted by atomic mass is 35.5. The number of benzene rings is 1. The van der Waals surface area contributed by atoms with E-state index in [1.165, 1.54) is 7.11 Å². The monoisotopic (exact) mass is 299 g/mol. The molecule has 1 amide bonds. The van der Waals surface area contributed by atoms with Gasteiger partial charge in [0, 0.05) is 17.5 Å². The summed E-state index contributed by atoms with van der Waals surface area (Å²) in [5.41, 5.74) is 0.366. The summed E-state index contributed by atoms with van der Waals surface area (Å²) in [6, 6.07) is 4.70. The van der Waals surface area contributed by atoms with Crippen LogP contribution in [0.15, 0.2) is 18.2 Å². The number of nitrogens with one attached hydrogen (secondary N) is 1. The van der Waals surface area contributed by atoms with Crippen molar-refractivity contribution in [1.82, 2.24) is 5.32 Å². The van der Waals surface area contributed by atoms with Gasteiger partial charge in [-0.15, -0.1) is 0 Å². The second-order valence-electron chi connectivity index (χ2n) is 4.51. The Morgan fingerprint density at radius 3 is 2.75 bits per heavy atom. The van der Waals surface area contributed by atoms with Crippen LogP contribution in [-0.2, 0) is 4.79 Å². The molecule has 0 aromatic heterocycles. The Kier molecular flexibility index (Phi) is 6.31. The van der Waals surface area contributed by atoms with E-state index in [1.807, 2.05) is 6.92 Å². The molecule has 1 aromatic rings. The van der Waals surface area contributed by atoms with Crippen molar-refractivity contribution in [2.75, 3.05) is 7.11 Å². The third kappa shape index (κ3) is 5.09. The summed E-state index contributed by atoms with van der Waals surface area (Å²) in [5.74, 6) is -0.670. The molecule has 0 aliphatic rings. The molecule has 1 rings (SSSR count). The lowest BCUT2D eigenvalue weighted by atomic mass is 10.1. The van der Waals surface area contributed by atoms with Crippen LogP contribution in [0.25, 0.3) is 0 Å².